The molecule has 1 aliphatic heterocycles. The molecule has 1 atom stereocenters. The van der Waals surface area contributed by atoms with Crippen LogP contribution in [-0.4, -0.2) is 22.6 Å². The van der Waals surface area contributed by atoms with E-state index in [2.05, 4.69) is 27.4 Å². The molecule has 1 aromatic rings. The molecule has 68 valence electrons. The van der Waals surface area contributed by atoms with Crippen molar-refractivity contribution in [2.24, 2.45) is 0 Å². The predicted octanol–water partition coefficient (Wildman–Crippen LogP) is 1.24. The van der Waals surface area contributed by atoms with Gasteiger partial charge in [-0.3, -0.25) is 0 Å². The first-order valence-corrected chi connectivity index (χ1v) is 4.62. The number of nitrogens with zero attached hydrogens (tertiary/aromatic N) is 2. The zero-order chi connectivity index (χ0) is 8.93. The van der Waals surface area contributed by atoms with Crippen LogP contribution in [0.1, 0.15) is 18.4 Å². The molecule has 2 rings (SSSR count). The predicted molar refractivity (Wildman–Crippen MR) is 52.1 cm³/mol. The molecule has 1 unspecified atom stereocenters. The number of hydrogen-bond donors (Lipinski definition) is 1. The smallest absolute Gasteiger partial charge is 0.115 e. The van der Waals surface area contributed by atoms with Gasteiger partial charge in [0.15, 0.2) is 0 Å². The van der Waals surface area contributed by atoms with Crippen LogP contribution < -0.4 is 5.32 Å². The molecule has 0 saturated carbocycles. The number of rotatable bonds is 2. The molecular formula is C10H13N3. The molecule has 3 heteroatoms. The van der Waals surface area contributed by atoms with E-state index in [1.165, 1.54) is 12.8 Å². The Bertz CT molecular complexity index is 275. The van der Waals surface area contributed by atoms with E-state index in [-0.39, 0.29) is 0 Å². The van der Waals surface area contributed by atoms with E-state index in [1.807, 2.05) is 12.4 Å². The van der Waals surface area contributed by atoms with Crippen LogP contribution in [0, 0.1) is 0 Å². The summed E-state index contributed by atoms with van der Waals surface area (Å²) in [5.74, 6) is 0. The summed E-state index contributed by atoms with van der Waals surface area (Å²) in [6.45, 7) is 1.14. The van der Waals surface area contributed by atoms with E-state index < -0.39 is 0 Å². The Kier molecular flexibility index (Phi) is 2.67. The Labute approximate surface area is 77.9 Å². The summed E-state index contributed by atoms with van der Waals surface area (Å²) in [5, 5.41) is 3.40. The average molecular weight is 175 g/mol. The molecule has 0 radical (unpaired) electrons. The SMILES string of the molecule is C(=CC1CCCN1)c1cncnc1. The van der Waals surface area contributed by atoms with Crippen molar-refractivity contribution >= 4 is 6.08 Å². The van der Waals surface area contributed by atoms with Gasteiger partial charge < -0.3 is 5.32 Å². The van der Waals surface area contributed by atoms with E-state index in [4.69, 9.17) is 0 Å². The quantitative estimate of drug-likeness (QED) is 0.735. The molecule has 0 amide bonds. The molecule has 3 nitrogen and oxygen atoms in total. The summed E-state index contributed by atoms with van der Waals surface area (Å²) in [6, 6.07) is 0.542. The minimum atomic E-state index is 0.542. The van der Waals surface area contributed by atoms with Crippen molar-refractivity contribution in [1.29, 1.82) is 0 Å². The van der Waals surface area contributed by atoms with Crippen molar-refractivity contribution in [2.45, 2.75) is 18.9 Å². The maximum Gasteiger partial charge on any atom is 0.115 e. The molecule has 1 fully saturated rings. The first-order valence-electron chi connectivity index (χ1n) is 4.62. The Morgan fingerprint density at radius 2 is 2.23 bits per heavy atom. The fourth-order valence-corrected chi connectivity index (χ4v) is 1.50. The van der Waals surface area contributed by atoms with Gasteiger partial charge in [0.05, 0.1) is 0 Å². The van der Waals surface area contributed by atoms with Crippen molar-refractivity contribution in [1.82, 2.24) is 15.3 Å². The van der Waals surface area contributed by atoms with Crippen LogP contribution in [0.4, 0.5) is 0 Å². The van der Waals surface area contributed by atoms with Gasteiger partial charge in [0.2, 0.25) is 0 Å². The highest BCUT2D eigenvalue weighted by atomic mass is 14.9. The summed E-state index contributed by atoms with van der Waals surface area (Å²) in [7, 11) is 0. The first-order chi connectivity index (χ1) is 6.45. The standard InChI is InChI=1S/C10H13N3/c1-2-10(13-5-1)4-3-9-6-11-8-12-7-9/h3-4,6-8,10,13H,1-2,5H2. The lowest BCUT2D eigenvalue weighted by Crippen LogP contribution is -2.17. The Hall–Kier alpha value is -1.22. The van der Waals surface area contributed by atoms with Gasteiger partial charge in [-0.15, -0.1) is 0 Å². The van der Waals surface area contributed by atoms with Crippen molar-refractivity contribution in [3.8, 4) is 0 Å². The number of nitrogens with one attached hydrogen (secondary N) is 1. The van der Waals surface area contributed by atoms with E-state index >= 15 is 0 Å². The van der Waals surface area contributed by atoms with Crippen LogP contribution in [0.25, 0.3) is 6.08 Å². The van der Waals surface area contributed by atoms with Crippen LogP contribution in [-0.2, 0) is 0 Å². The van der Waals surface area contributed by atoms with Crippen LogP contribution in [0.3, 0.4) is 0 Å². The molecule has 0 aromatic carbocycles. The fraction of sp³-hybridized carbons (Fsp3) is 0.400. The Balaban J connectivity index is 1.97. The van der Waals surface area contributed by atoms with Gasteiger partial charge in [0.25, 0.3) is 0 Å². The molecule has 2 heterocycles. The summed E-state index contributed by atoms with van der Waals surface area (Å²) in [6.07, 6.45) is 12.0. The maximum atomic E-state index is 3.95. The van der Waals surface area contributed by atoms with Crippen LogP contribution in [0.5, 0.6) is 0 Å². The lowest BCUT2D eigenvalue weighted by molar-refractivity contribution is 0.730. The molecule has 1 N–H and O–H groups in total. The highest BCUT2D eigenvalue weighted by Gasteiger charge is 2.09. The lowest BCUT2D eigenvalue weighted by Gasteiger charge is -2.01. The van der Waals surface area contributed by atoms with E-state index in [0.29, 0.717) is 6.04 Å². The second kappa shape index (κ2) is 4.14. The highest BCUT2D eigenvalue weighted by molar-refractivity contribution is 5.47. The zero-order valence-corrected chi connectivity index (χ0v) is 7.48. The van der Waals surface area contributed by atoms with E-state index in [1.54, 1.807) is 6.33 Å². The Morgan fingerprint density at radius 3 is 2.92 bits per heavy atom. The number of aromatic nitrogens is 2. The molecule has 1 aliphatic rings. The highest BCUT2D eigenvalue weighted by Crippen LogP contribution is 2.07. The van der Waals surface area contributed by atoms with Gasteiger partial charge in [-0.25, -0.2) is 9.97 Å². The summed E-state index contributed by atoms with van der Waals surface area (Å²) in [4.78, 5) is 7.89. The van der Waals surface area contributed by atoms with Gasteiger partial charge in [0, 0.05) is 24.0 Å². The first kappa shape index (κ1) is 8.38. The zero-order valence-electron chi connectivity index (χ0n) is 7.48. The second-order valence-electron chi connectivity index (χ2n) is 3.23. The maximum absolute atomic E-state index is 3.95. The van der Waals surface area contributed by atoms with Gasteiger partial charge >= 0.3 is 0 Å². The van der Waals surface area contributed by atoms with Gasteiger partial charge in [0.1, 0.15) is 6.33 Å². The summed E-state index contributed by atoms with van der Waals surface area (Å²) >= 11 is 0. The third-order valence-corrected chi connectivity index (χ3v) is 2.20. The molecule has 13 heavy (non-hydrogen) atoms. The van der Waals surface area contributed by atoms with Crippen LogP contribution in [0.2, 0.25) is 0 Å². The molecular weight excluding hydrogens is 162 g/mol. The topological polar surface area (TPSA) is 37.8 Å². The Morgan fingerprint density at radius 1 is 1.38 bits per heavy atom. The summed E-state index contributed by atoms with van der Waals surface area (Å²) < 4.78 is 0. The molecule has 0 spiro atoms. The van der Waals surface area contributed by atoms with Crippen molar-refractivity contribution in [3.63, 3.8) is 0 Å². The number of hydrogen-bond acceptors (Lipinski definition) is 3. The van der Waals surface area contributed by atoms with E-state index in [0.717, 1.165) is 12.1 Å². The summed E-state index contributed by atoms with van der Waals surface area (Å²) in [5.41, 5.74) is 1.07. The fourth-order valence-electron chi connectivity index (χ4n) is 1.50. The largest absolute Gasteiger partial charge is 0.311 e. The normalized spacial score (nSPS) is 22.6. The molecule has 1 saturated heterocycles. The average Bonchev–Trinajstić information content (AvgIpc) is 2.69. The lowest BCUT2D eigenvalue weighted by atomic mass is 10.2. The monoisotopic (exact) mass is 175 g/mol. The van der Waals surface area contributed by atoms with Crippen molar-refractivity contribution in [2.75, 3.05) is 6.54 Å². The third-order valence-electron chi connectivity index (χ3n) is 2.20. The van der Waals surface area contributed by atoms with Crippen LogP contribution in [0.15, 0.2) is 24.8 Å². The van der Waals surface area contributed by atoms with Gasteiger partial charge in [-0.2, -0.15) is 0 Å². The molecule has 0 bridgehead atoms. The van der Waals surface area contributed by atoms with Crippen molar-refractivity contribution < 1.29 is 0 Å². The minimum Gasteiger partial charge on any atom is -0.311 e. The van der Waals surface area contributed by atoms with E-state index in [9.17, 15) is 0 Å². The van der Waals surface area contributed by atoms with Crippen LogP contribution >= 0.6 is 0 Å². The van der Waals surface area contributed by atoms with Gasteiger partial charge in [-0.1, -0.05) is 12.2 Å². The van der Waals surface area contributed by atoms with Gasteiger partial charge in [-0.05, 0) is 19.4 Å². The third kappa shape index (κ3) is 2.36. The molecule has 0 aliphatic carbocycles. The van der Waals surface area contributed by atoms with Crippen molar-refractivity contribution in [3.05, 3.63) is 30.4 Å². The minimum absolute atomic E-state index is 0.542. The molecule has 1 aromatic heterocycles. The second-order valence-corrected chi connectivity index (χ2v) is 3.23.